The Morgan fingerprint density at radius 2 is 1.84 bits per heavy atom. The number of carbonyl (C=O) groups excluding carboxylic acids is 2. The van der Waals surface area contributed by atoms with Gasteiger partial charge in [0.1, 0.15) is 11.5 Å². The van der Waals surface area contributed by atoms with E-state index in [1.165, 1.54) is 18.2 Å². The zero-order valence-corrected chi connectivity index (χ0v) is 17.3. The fraction of sp³-hybridized carbons (Fsp3) is 0.182. The first-order chi connectivity index (χ1) is 15.3. The highest BCUT2D eigenvalue weighted by molar-refractivity contribution is 6.30. The molecule has 4 rings (SSSR count). The number of aromatic amines is 2. The van der Waals surface area contributed by atoms with Crippen LogP contribution in [0.25, 0.3) is 0 Å². The fourth-order valence-corrected chi connectivity index (χ4v) is 4.01. The van der Waals surface area contributed by atoms with E-state index in [0.717, 1.165) is 17.2 Å². The van der Waals surface area contributed by atoms with Crippen LogP contribution in [-0.2, 0) is 17.6 Å². The van der Waals surface area contributed by atoms with Gasteiger partial charge in [0.2, 0.25) is 5.91 Å². The number of fused-ring (bicyclic) bond motifs is 1. The molecule has 1 aromatic heterocycles. The number of aromatic nitrogens is 2. The number of rotatable bonds is 5. The van der Waals surface area contributed by atoms with E-state index < -0.39 is 35.1 Å². The van der Waals surface area contributed by atoms with Crippen LogP contribution < -0.4 is 21.9 Å². The van der Waals surface area contributed by atoms with Gasteiger partial charge in [-0.15, -0.1) is 0 Å². The maximum atomic E-state index is 13.4. The molecule has 0 saturated heterocycles. The summed E-state index contributed by atoms with van der Waals surface area (Å²) in [6.45, 7) is 0. The maximum absolute atomic E-state index is 13.4. The number of hydrogen-bond donors (Lipinski definition) is 4. The third-order valence-corrected chi connectivity index (χ3v) is 5.51. The van der Waals surface area contributed by atoms with Crippen LogP contribution in [0.3, 0.4) is 0 Å². The van der Waals surface area contributed by atoms with Crippen molar-refractivity contribution >= 4 is 23.4 Å². The largest absolute Gasteiger partial charge is 0.347 e. The molecule has 32 heavy (non-hydrogen) atoms. The molecule has 0 unspecified atom stereocenters. The first-order valence-corrected chi connectivity index (χ1v) is 10.1. The van der Waals surface area contributed by atoms with Crippen molar-refractivity contribution in [2.75, 3.05) is 0 Å². The number of carbonyl (C=O) groups is 2. The quantitative estimate of drug-likeness (QED) is 0.465. The summed E-state index contributed by atoms with van der Waals surface area (Å²) in [5.41, 5.74) is 0.675. The van der Waals surface area contributed by atoms with E-state index in [2.05, 4.69) is 15.6 Å². The molecule has 164 valence electrons. The second-order valence-electron chi connectivity index (χ2n) is 7.45. The van der Waals surface area contributed by atoms with Crippen LogP contribution in [-0.4, -0.2) is 27.8 Å². The molecule has 0 bridgehead atoms. The van der Waals surface area contributed by atoms with Crippen LogP contribution in [0.2, 0.25) is 5.02 Å². The van der Waals surface area contributed by atoms with E-state index in [1.807, 2.05) is 29.2 Å². The molecule has 1 aliphatic rings. The standard InChI is InChI=1S/C22H18ClFN4O4/c23-14-7-11(5-6-15(14)24)8-18(29)27-20-13-4-2-1-3-12(13)9-16(20)25-21(31)17-10-19(30)28-22(32)26-17/h1-7,10,16,20H,8-9H2,(H,25,31)(H,27,29)(H2,26,28,30,32)/t16-,20-/m1/s1. The molecule has 3 aromatic rings. The highest BCUT2D eigenvalue weighted by atomic mass is 35.5. The van der Waals surface area contributed by atoms with Crippen LogP contribution in [0.4, 0.5) is 4.39 Å². The average Bonchev–Trinajstić information content (AvgIpc) is 3.07. The normalized spacial score (nSPS) is 16.9. The van der Waals surface area contributed by atoms with Gasteiger partial charge < -0.3 is 15.6 Å². The molecule has 0 spiro atoms. The van der Waals surface area contributed by atoms with Crippen LogP contribution in [0.1, 0.15) is 33.2 Å². The Balaban J connectivity index is 1.53. The van der Waals surface area contributed by atoms with Gasteiger partial charge >= 0.3 is 5.69 Å². The van der Waals surface area contributed by atoms with Crippen LogP contribution in [0, 0.1) is 5.82 Å². The van der Waals surface area contributed by atoms with Gasteiger partial charge in [-0.25, -0.2) is 9.18 Å². The first-order valence-electron chi connectivity index (χ1n) is 9.76. The van der Waals surface area contributed by atoms with Crippen molar-refractivity contribution in [3.8, 4) is 0 Å². The van der Waals surface area contributed by atoms with Crippen molar-refractivity contribution in [2.45, 2.75) is 24.9 Å². The van der Waals surface area contributed by atoms with E-state index in [4.69, 9.17) is 11.6 Å². The topological polar surface area (TPSA) is 124 Å². The van der Waals surface area contributed by atoms with Crippen LogP contribution in [0.15, 0.2) is 58.1 Å². The average molecular weight is 457 g/mol. The molecule has 10 heteroatoms. The van der Waals surface area contributed by atoms with Gasteiger partial charge in [0.25, 0.3) is 11.5 Å². The molecule has 2 atom stereocenters. The summed E-state index contributed by atoms with van der Waals surface area (Å²) < 4.78 is 13.4. The third-order valence-electron chi connectivity index (χ3n) is 5.22. The Bertz CT molecular complexity index is 1290. The number of nitrogens with one attached hydrogen (secondary N) is 4. The minimum Gasteiger partial charge on any atom is -0.347 e. The minimum atomic E-state index is -0.792. The highest BCUT2D eigenvalue weighted by Gasteiger charge is 2.34. The van der Waals surface area contributed by atoms with E-state index in [1.54, 1.807) is 0 Å². The zero-order valence-electron chi connectivity index (χ0n) is 16.6. The smallest absolute Gasteiger partial charge is 0.326 e. The van der Waals surface area contributed by atoms with E-state index >= 15 is 0 Å². The second kappa shape index (κ2) is 8.80. The van der Waals surface area contributed by atoms with Crippen LogP contribution in [0.5, 0.6) is 0 Å². The Morgan fingerprint density at radius 3 is 2.59 bits per heavy atom. The zero-order chi connectivity index (χ0) is 22.8. The molecule has 0 fully saturated rings. The summed E-state index contributed by atoms with van der Waals surface area (Å²) in [6, 6.07) is 11.5. The molecule has 0 radical (unpaired) electrons. The predicted molar refractivity (Wildman–Crippen MR) is 115 cm³/mol. The molecule has 0 aliphatic heterocycles. The SMILES string of the molecule is O=C(Cc1ccc(F)c(Cl)c1)N[C@@H]1c2ccccc2C[C@H]1NC(=O)c1cc(=O)[nH]c(=O)[nH]1. The summed E-state index contributed by atoms with van der Waals surface area (Å²) in [7, 11) is 0. The van der Waals surface area contributed by atoms with Crippen molar-refractivity contribution in [3.63, 3.8) is 0 Å². The van der Waals surface area contributed by atoms with Crippen molar-refractivity contribution in [1.29, 1.82) is 0 Å². The van der Waals surface area contributed by atoms with Gasteiger partial charge in [-0.2, -0.15) is 0 Å². The van der Waals surface area contributed by atoms with E-state index in [-0.39, 0.29) is 23.0 Å². The Labute approximate surface area is 185 Å². The summed E-state index contributed by atoms with van der Waals surface area (Å²) in [5.74, 6) is -1.55. The number of H-pyrrole nitrogens is 2. The van der Waals surface area contributed by atoms with Crippen molar-refractivity contribution in [3.05, 3.63) is 103 Å². The molecule has 1 aliphatic carbocycles. The van der Waals surface area contributed by atoms with Crippen LogP contribution >= 0.6 is 11.6 Å². The fourth-order valence-electron chi connectivity index (χ4n) is 3.80. The number of hydrogen-bond acceptors (Lipinski definition) is 4. The van der Waals surface area contributed by atoms with Gasteiger partial charge in [-0.3, -0.25) is 19.4 Å². The highest BCUT2D eigenvalue weighted by Crippen LogP contribution is 2.31. The monoisotopic (exact) mass is 456 g/mol. The molecule has 2 aromatic carbocycles. The Hall–Kier alpha value is -3.72. The predicted octanol–water partition coefficient (Wildman–Crippen LogP) is 1.61. The lowest BCUT2D eigenvalue weighted by molar-refractivity contribution is -0.121. The van der Waals surface area contributed by atoms with Crippen molar-refractivity contribution in [2.24, 2.45) is 0 Å². The Kier molecular flexibility index (Phi) is 5.91. The summed E-state index contributed by atoms with van der Waals surface area (Å²) >= 11 is 5.79. The molecule has 1 heterocycles. The number of amides is 2. The summed E-state index contributed by atoms with van der Waals surface area (Å²) in [4.78, 5) is 52.6. The molecule has 4 N–H and O–H groups in total. The first kappa shape index (κ1) is 21.5. The van der Waals surface area contributed by atoms with Gasteiger partial charge in [-0.1, -0.05) is 41.9 Å². The molecule has 8 nitrogen and oxygen atoms in total. The lowest BCUT2D eigenvalue weighted by atomic mass is 10.1. The maximum Gasteiger partial charge on any atom is 0.326 e. The molecular weight excluding hydrogens is 439 g/mol. The molecule has 2 amide bonds. The number of halogens is 2. The van der Waals surface area contributed by atoms with Crippen molar-refractivity contribution in [1.82, 2.24) is 20.6 Å². The van der Waals surface area contributed by atoms with Gasteiger partial charge in [0.15, 0.2) is 0 Å². The van der Waals surface area contributed by atoms with Gasteiger partial charge in [0, 0.05) is 6.07 Å². The van der Waals surface area contributed by atoms with E-state index in [0.29, 0.717) is 12.0 Å². The summed E-state index contributed by atoms with van der Waals surface area (Å²) in [6.07, 6.45) is 0.420. The molecular formula is C22H18ClFN4O4. The molecule has 0 saturated carbocycles. The Morgan fingerprint density at radius 1 is 1.06 bits per heavy atom. The second-order valence-corrected chi connectivity index (χ2v) is 7.86. The lowest BCUT2D eigenvalue weighted by Gasteiger charge is -2.23. The number of benzene rings is 2. The third kappa shape index (κ3) is 4.62. The minimum absolute atomic E-state index is 0.0271. The van der Waals surface area contributed by atoms with Gasteiger partial charge in [-0.05, 0) is 35.2 Å². The summed E-state index contributed by atoms with van der Waals surface area (Å²) in [5, 5.41) is 5.63. The van der Waals surface area contributed by atoms with E-state index in [9.17, 15) is 23.6 Å². The van der Waals surface area contributed by atoms with Crippen molar-refractivity contribution < 1.29 is 14.0 Å². The lowest BCUT2D eigenvalue weighted by Crippen LogP contribution is -2.45. The van der Waals surface area contributed by atoms with Gasteiger partial charge in [0.05, 0.1) is 23.5 Å².